The summed E-state index contributed by atoms with van der Waals surface area (Å²) < 4.78 is 7.70. The van der Waals surface area contributed by atoms with Crippen LogP contribution in [0, 0.1) is 10.9 Å². The number of nitrogens with one attached hydrogen (secondary N) is 2. The van der Waals surface area contributed by atoms with Gasteiger partial charge in [-0.2, -0.15) is 0 Å². The van der Waals surface area contributed by atoms with Crippen LogP contribution in [0.2, 0.25) is 0 Å². The fourth-order valence-electron chi connectivity index (χ4n) is 4.96. The number of amides is 1. The van der Waals surface area contributed by atoms with E-state index in [1.54, 1.807) is 6.07 Å². The van der Waals surface area contributed by atoms with Crippen molar-refractivity contribution < 1.29 is 9.21 Å². The van der Waals surface area contributed by atoms with E-state index in [0.717, 1.165) is 25.6 Å². The second kappa shape index (κ2) is 8.21. The van der Waals surface area contributed by atoms with Gasteiger partial charge in [-0.3, -0.25) is 4.79 Å². The zero-order chi connectivity index (χ0) is 24.3. The molecular weight excluding hydrogens is 460 g/mol. The van der Waals surface area contributed by atoms with Crippen LogP contribution in [0.3, 0.4) is 0 Å². The standard InChI is InChI=1S/C28H30N2O2S2/c1-16-12-20-21(28(4,5)11-10-27(20,2)3)14-17(16)13-19-7-9-23(32-19)25(31)29-18-6-8-22-24(15-18)34-26(33)30-22/h6-9,12,14-15H,10-11,13H2,1-5H3,(H,29,31)(H,30,33). The molecule has 4 aromatic rings. The lowest BCUT2D eigenvalue weighted by Gasteiger charge is -2.42. The maximum absolute atomic E-state index is 12.8. The first-order valence-electron chi connectivity index (χ1n) is 11.7. The molecule has 0 radical (unpaired) electrons. The molecule has 2 N–H and O–H groups in total. The molecule has 0 spiro atoms. The van der Waals surface area contributed by atoms with Crippen molar-refractivity contribution in [3.8, 4) is 0 Å². The van der Waals surface area contributed by atoms with Crippen LogP contribution >= 0.6 is 23.6 Å². The van der Waals surface area contributed by atoms with Crippen molar-refractivity contribution in [3.05, 3.63) is 80.2 Å². The van der Waals surface area contributed by atoms with Gasteiger partial charge in [0.05, 0.1) is 10.2 Å². The lowest BCUT2D eigenvalue weighted by atomic mass is 9.62. The Labute approximate surface area is 209 Å². The SMILES string of the molecule is Cc1cc2c(cc1Cc1ccc(C(=O)Nc3ccc4[nH]c(=S)sc4c3)o1)C(C)(C)CCC2(C)C. The highest BCUT2D eigenvalue weighted by atomic mass is 32.1. The Kier molecular flexibility index (Phi) is 5.57. The number of furan rings is 1. The first-order chi connectivity index (χ1) is 16.0. The lowest BCUT2D eigenvalue weighted by Crippen LogP contribution is -2.34. The van der Waals surface area contributed by atoms with Gasteiger partial charge in [-0.25, -0.2) is 0 Å². The van der Waals surface area contributed by atoms with Gasteiger partial charge in [-0.1, -0.05) is 39.8 Å². The summed E-state index contributed by atoms with van der Waals surface area (Å²) in [5.41, 5.74) is 7.48. The summed E-state index contributed by atoms with van der Waals surface area (Å²) in [5, 5.41) is 2.93. The van der Waals surface area contributed by atoms with Gasteiger partial charge in [0, 0.05) is 12.1 Å². The second-order valence-corrected chi connectivity index (χ2v) is 12.4. The number of carbonyl (C=O) groups excluding carboxylic acids is 1. The summed E-state index contributed by atoms with van der Waals surface area (Å²) >= 11 is 6.69. The zero-order valence-corrected chi connectivity index (χ0v) is 21.9. The molecule has 176 valence electrons. The van der Waals surface area contributed by atoms with Crippen LogP contribution in [0.15, 0.2) is 46.9 Å². The van der Waals surface area contributed by atoms with Crippen LogP contribution in [-0.2, 0) is 17.3 Å². The normalized spacial score (nSPS) is 16.4. The van der Waals surface area contributed by atoms with Crippen molar-refractivity contribution in [2.45, 2.75) is 64.7 Å². The van der Waals surface area contributed by atoms with Gasteiger partial charge in [-0.05, 0) is 95.4 Å². The molecule has 6 heteroatoms. The van der Waals surface area contributed by atoms with E-state index in [1.165, 1.54) is 46.4 Å². The van der Waals surface area contributed by atoms with Crippen molar-refractivity contribution in [3.63, 3.8) is 0 Å². The van der Waals surface area contributed by atoms with Crippen molar-refractivity contribution in [2.24, 2.45) is 0 Å². The number of H-pyrrole nitrogens is 1. The van der Waals surface area contributed by atoms with Gasteiger partial charge in [0.1, 0.15) is 5.76 Å². The molecule has 0 atom stereocenters. The lowest BCUT2D eigenvalue weighted by molar-refractivity contribution is 0.0995. The summed E-state index contributed by atoms with van der Waals surface area (Å²) in [6.45, 7) is 11.6. The monoisotopic (exact) mass is 490 g/mol. The Morgan fingerprint density at radius 2 is 1.76 bits per heavy atom. The number of thiazole rings is 1. The molecule has 2 aromatic carbocycles. The molecule has 0 fully saturated rings. The van der Waals surface area contributed by atoms with Crippen LogP contribution in [0.25, 0.3) is 10.2 Å². The number of rotatable bonds is 4. The zero-order valence-electron chi connectivity index (χ0n) is 20.3. The molecule has 1 aliphatic carbocycles. The van der Waals surface area contributed by atoms with Gasteiger partial charge >= 0.3 is 0 Å². The van der Waals surface area contributed by atoms with E-state index in [4.69, 9.17) is 16.6 Å². The van der Waals surface area contributed by atoms with E-state index in [9.17, 15) is 4.79 Å². The number of aromatic amines is 1. The van der Waals surface area contributed by atoms with Crippen LogP contribution < -0.4 is 5.32 Å². The van der Waals surface area contributed by atoms with Crippen LogP contribution in [0.5, 0.6) is 0 Å². The Morgan fingerprint density at radius 3 is 2.50 bits per heavy atom. The first kappa shape index (κ1) is 23.1. The third kappa shape index (κ3) is 4.25. The van der Waals surface area contributed by atoms with Crippen molar-refractivity contribution >= 4 is 45.4 Å². The minimum absolute atomic E-state index is 0.162. The Morgan fingerprint density at radius 1 is 1.06 bits per heavy atom. The summed E-state index contributed by atoms with van der Waals surface area (Å²) in [6.07, 6.45) is 3.06. The number of aryl methyl sites for hydroxylation is 1. The molecule has 0 saturated heterocycles. The third-order valence-electron chi connectivity index (χ3n) is 7.24. The third-order valence-corrected chi connectivity index (χ3v) is 8.44. The van der Waals surface area contributed by atoms with Crippen molar-refractivity contribution in [2.75, 3.05) is 5.32 Å². The molecule has 34 heavy (non-hydrogen) atoms. The second-order valence-electron chi connectivity index (χ2n) is 10.7. The number of hydrogen-bond acceptors (Lipinski definition) is 4. The number of fused-ring (bicyclic) bond motifs is 2. The summed E-state index contributed by atoms with van der Waals surface area (Å²) in [5.74, 6) is 0.851. The molecule has 5 rings (SSSR count). The molecule has 0 aliphatic heterocycles. The van der Waals surface area contributed by atoms with Gasteiger partial charge in [0.25, 0.3) is 5.91 Å². The topological polar surface area (TPSA) is 58.0 Å². The van der Waals surface area contributed by atoms with E-state index in [-0.39, 0.29) is 16.7 Å². The number of benzene rings is 2. The molecule has 0 saturated carbocycles. The van der Waals surface area contributed by atoms with Crippen LogP contribution in [0.1, 0.15) is 79.1 Å². The molecule has 2 heterocycles. The van der Waals surface area contributed by atoms with E-state index in [1.807, 2.05) is 24.3 Å². The largest absolute Gasteiger partial charge is 0.456 e. The van der Waals surface area contributed by atoms with E-state index < -0.39 is 0 Å². The Balaban J connectivity index is 1.37. The fourth-order valence-corrected chi connectivity index (χ4v) is 6.11. The highest BCUT2D eigenvalue weighted by molar-refractivity contribution is 7.73. The van der Waals surface area contributed by atoms with Gasteiger partial charge < -0.3 is 14.7 Å². The summed E-state index contributed by atoms with van der Waals surface area (Å²) in [6, 6.07) is 14.1. The van der Waals surface area contributed by atoms with E-state index >= 15 is 0 Å². The maximum Gasteiger partial charge on any atom is 0.291 e. The van der Waals surface area contributed by atoms with E-state index in [2.05, 4.69) is 57.1 Å². The predicted molar refractivity (Wildman–Crippen MR) is 143 cm³/mol. The smallest absolute Gasteiger partial charge is 0.291 e. The van der Waals surface area contributed by atoms with Gasteiger partial charge in [0.2, 0.25) is 0 Å². The predicted octanol–water partition coefficient (Wildman–Crippen LogP) is 8.05. The van der Waals surface area contributed by atoms with Crippen LogP contribution in [-0.4, -0.2) is 10.9 Å². The number of aromatic nitrogens is 1. The number of carbonyl (C=O) groups is 1. The Bertz CT molecular complexity index is 1470. The number of hydrogen-bond donors (Lipinski definition) is 2. The summed E-state index contributed by atoms with van der Waals surface area (Å²) in [4.78, 5) is 15.9. The molecule has 1 aliphatic rings. The fraction of sp³-hybridized carbons (Fsp3) is 0.357. The average molecular weight is 491 g/mol. The van der Waals surface area contributed by atoms with Crippen molar-refractivity contribution in [1.82, 2.24) is 4.98 Å². The van der Waals surface area contributed by atoms with Crippen molar-refractivity contribution in [1.29, 1.82) is 0 Å². The number of anilines is 1. The molecule has 0 unspecified atom stereocenters. The summed E-state index contributed by atoms with van der Waals surface area (Å²) in [7, 11) is 0. The Hall–Kier alpha value is -2.70. The molecule has 1 amide bonds. The highest BCUT2D eigenvalue weighted by Gasteiger charge is 2.37. The minimum atomic E-state index is -0.255. The molecular formula is C28H30N2O2S2. The van der Waals surface area contributed by atoms with Crippen LogP contribution in [0.4, 0.5) is 5.69 Å². The van der Waals surface area contributed by atoms with E-state index in [0.29, 0.717) is 12.2 Å². The quantitative estimate of drug-likeness (QED) is 0.285. The minimum Gasteiger partial charge on any atom is -0.456 e. The highest BCUT2D eigenvalue weighted by Crippen LogP contribution is 2.46. The maximum atomic E-state index is 12.8. The first-order valence-corrected chi connectivity index (χ1v) is 12.9. The molecule has 2 aromatic heterocycles. The average Bonchev–Trinajstić information content (AvgIpc) is 3.38. The molecule has 0 bridgehead atoms. The van der Waals surface area contributed by atoms with Gasteiger partial charge in [0.15, 0.2) is 9.71 Å². The van der Waals surface area contributed by atoms with Gasteiger partial charge in [-0.15, -0.1) is 11.3 Å². The molecule has 4 nitrogen and oxygen atoms in total.